The molecule has 3 aromatic rings. The van der Waals surface area contributed by atoms with Crippen molar-refractivity contribution in [3.63, 3.8) is 0 Å². The largest absolute Gasteiger partial charge is 0.433 e. The molecule has 0 atom stereocenters. The fraction of sp³-hybridized carbons (Fsp3) is 0.320. The first kappa shape index (κ1) is 28.4. The number of carbonyl (C=O) groups is 1. The van der Waals surface area contributed by atoms with E-state index in [0.29, 0.717) is 37.0 Å². The van der Waals surface area contributed by atoms with E-state index < -0.39 is 70.3 Å². The van der Waals surface area contributed by atoms with Gasteiger partial charge in [-0.2, -0.15) is 26.3 Å². The maximum absolute atomic E-state index is 15.4. The van der Waals surface area contributed by atoms with Crippen molar-refractivity contribution in [1.29, 1.82) is 0 Å². The molecule has 2 heterocycles. The van der Waals surface area contributed by atoms with Crippen LogP contribution in [0.5, 0.6) is 0 Å². The zero-order valence-electron chi connectivity index (χ0n) is 19.9. The van der Waals surface area contributed by atoms with E-state index in [1.54, 1.807) is 23.2 Å². The number of amides is 1. The van der Waals surface area contributed by atoms with Crippen molar-refractivity contribution in [2.24, 2.45) is 5.92 Å². The Kier molecular flexibility index (Phi) is 7.92. The number of aromatic amines is 1. The zero-order chi connectivity index (χ0) is 28.5. The molecule has 0 spiro atoms. The van der Waals surface area contributed by atoms with Gasteiger partial charge < -0.3 is 15.2 Å². The molecule has 1 amide bonds. The molecule has 1 aliphatic heterocycles. The van der Waals surface area contributed by atoms with Gasteiger partial charge in [0.15, 0.2) is 5.69 Å². The number of piperidine rings is 1. The van der Waals surface area contributed by atoms with Gasteiger partial charge >= 0.3 is 12.4 Å². The fourth-order valence-electron chi connectivity index (χ4n) is 4.34. The maximum Gasteiger partial charge on any atom is 0.433 e. The predicted molar refractivity (Wildman–Crippen MR) is 128 cm³/mol. The number of H-pyrrole nitrogens is 1. The predicted octanol–water partition coefficient (Wildman–Crippen LogP) is 5.80. The normalized spacial score (nSPS) is 14.9. The third-order valence-electron chi connectivity index (χ3n) is 6.29. The molecule has 1 saturated heterocycles. The number of hydrogen-bond donors (Lipinski definition) is 2. The van der Waals surface area contributed by atoms with E-state index in [4.69, 9.17) is 11.6 Å². The van der Waals surface area contributed by atoms with Crippen molar-refractivity contribution < 1.29 is 35.5 Å². The number of nitrogens with zero attached hydrogens (tertiary/aromatic N) is 2. The lowest BCUT2D eigenvalue weighted by molar-refractivity contribution is -0.141. The number of anilines is 1. The van der Waals surface area contributed by atoms with Gasteiger partial charge in [0.05, 0.1) is 11.1 Å². The minimum Gasteiger partial charge on any atom is -0.371 e. The van der Waals surface area contributed by atoms with Crippen molar-refractivity contribution in [3.8, 4) is 11.4 Å². The first-order valence-electron chi connectivity index (χ1n) is 11.6. The van der Waals surface area contributed by atoms with Crippen LogP contribution in [0.4, 0.5) is 36.4 Å². The average Bonchev–Trinajstić information content (AvgIpc) is 2.86. The van der Waals surface area contributed by atoms with Crippen molar-refractivity contribution in [3.05, 3.63) is 80.5 Å². The van der Waals surface area contributed by atoms with Crippen LogP contribution in [-0.4, -0.2) is 29.0 Å². The highest BCUT2D eigenvalue weighted by molar-refractivity contribution is 6.30. The van der Waals surface area contributed by atoms with Gasteiger partial charge in [-0.05, 0) is 37.1 Å². The second-order valence-corrected chi connectivity index (χ2v) is 9.33. The van der Waals surface area contributed by atoms with Crippen LogP contribution in [0, 0.1) is 11.7 Å². The summed E-state index contributed by atoms with van der Waals surface area (Å²) in [4.78, 5) is 31.3. The first-order chi connectivity index (χ1) is 18.2. The number of nitrogens with one attached hydrogen (secondary N) is 2. The molecule has 2 N–H and O–H groups in total. The van der Waals surface area contributed by atoms with Gasteiger partial charge in [-0.15, -0.1) is 0 Å². The van der Waals surface area contributed by atoms with Gasteiger partial charge in [0.2, 0.25) is 5.91 Å². The van der Waals surface area contributed by atoms with Gasteiger partial charge in [-0.25, -0.2) is 9.37 Å². The van der Waals surface area contributed by atoms with E-state index in [0.717, 1.165) is 11.8 Å². The highest BCUT2D eigenvalue weighted by Crippen LogP contribution is 2.39. The van der Waals surface area contributed by atoms with Crippen LogP contribution in [0.2, 0.25) is 5.02 Å². The Labute approximate surface area is 221 Å². The average molecular weight is 577 g/mol. The molecule has 39 heavy (non-hydrogen) atoms. The van der Waals surface area contributed by atoms with E-state index in [2.05, 4.69) is 10.3 Å². The third kappa shape index (κ3) is 6.52. The lowest BCUT2D eigenvalue weighted by Gasteiger charge is -2.33. The Morgan fingerprint density at radius 1 is 1.05 bits per heavy atom. The molecule has 1 aromatic heterocycles. The molecule has 0 saturated carbocycles. The molecule has 6 nitrogen and oxygen atoms in total. The molecule has 1 aliphatic rings. The molecule has 14 heteroatoms. The van der Waals surface area contributed by atoms with E-state index in [1.165, 1.54) is 0 Å². The van der Waals surface area contributed by atoms with Crippen LogP contribution in [0.1, 0.15) is 29.7 Å². The Hall–Kier alpha value is -3.61. The summed E-state index contributed by atoms with van der Waals surface area (Å²) in [6.07, 6.45) is -9.43. The van der Waals surface area contributed by atoms with Gasteiger partial charge in [0, 0.05) is 47.9 Å². The highest BCUT2D eigenvalue weighted by atomic mass is 35.5. The Morgan fingerprint density at radius 3 is 2.36 bits per heavy atom. The van der Waals surface area contributed by atoms with Crippen LogP contribution in [-0.2, 0) is 23.7 Å². The number of carbonyl (C=O) groups excluding carboxylic acids is 1. The number of alkyl halides is 6. The molecular weight excluding hydrogens is 557 g/mol. The Morgan fingerprint density at radius 2 is 1.74 bits per heavy atom. The zero-order valence-corrected chi connectivity index (χ0v) is 20.6. The molecular formula is C25H20ClF7N4O2. The lowest BCUT2D eigenvalue weighted by Crippen LogP contribution is -2.40. The number of halogens is 8. The van der Waals surface area contributed by atoms with Crippen LogP contribution in [0.25, 0.3) is 11.4 Å². The lowest BCUT2D eigenvalue weighted by atomic mass is 9.95. The van der Waals surface area contributed by atoms with E-state index in [1.807, 2.05) is 11.0 Å². The summed E-state index contributed by atoms with van der Waals surface area (Å²) < 4.78 is 95.6. The van der Waals surface area contributed by atoms with E-state index in [-0.39, 0.29) is 6.07 Å². The first-order valence-corrected chi connectivity index (χ1v) is 12.0. The topological polar surface area (TPSA) is 78.1 Å². The van der Waals surface area contributed by atoms with Gasteiger partial charge in [-0.3, -0.25) is 9.59 Å². The maximum atomic E-state index is 15.4. The smallest absolute Gasteiger partial charge is 0.371 e. The second kappa shape index (κ2) is 10.9. The Balaban J connectivity index is 1.54. The van der Waals surface area contributed by atoms with Crippen molar-refractivity contribution in [1.82, 2.24) is 15.3 Å². The summed E-state index contributed by atoms with van der Waals surface area (Å²) in [5.74, 6) is -3.70. The molecule has 208 valence electrons. The van der Waals surface area contributed by atoms with Gasteiger partial charge in [-0.1, -0.05) is 23.7 Å². The molecule has 2 aromatic carbocycles. The molecule has 0 aliphatic carbocycles. The van der Waals surface area contributed by atoms with Crippen molar-refractivity contribution in [2.45, 2.75) is 31.7 Å². The second-order valence-electron chi connectivity index (χ2n) is 8.89. The van der Waals surface area contributed by atoms with Crippen molar-refractivity contribution >= 4 is 23.2 Å². The summed E-state index contributed by atoms with van der Waals surface area (Å²) in [5, 5.41) is 3.05. The SMILES string of the molecule is O=C(NCc1ccc(C(F)(F)F)c(-c2nc(C(F)(F)F)cc(=O)[nH]2)c1F)C1CCN(c2cccc(Cl)c2)CC1. The monoisotopic (exact) mass is 576 g/mol. The minimum absolute atomic E-state index is 0.0520. The number of benzene rings is 2. The summed E-state index contributed by atoms with van der Waals surface area (Å²) >= 11 is 6.02. The summed E-state index contributed by atoms with van der Waals surface area (Å²) in [6.45, 7) is 0.533. The molecule has 0 radical (unpaired) electrons. The van der Waals surface area contributed by atoms with E-state index in [9.17, 15) is 35.9 Å². The van der Waals surface area contributed by atoms with Crippen LogP contribution in [0.3, 0.4) is 0 Å². The molecule has 1 fully saturated rings. The van der Waals surface area contributed by atoms with Gasteiger partial charge in [0.1, 0.15) is 11.6 Å². The van der Waals surface area contributed by atoms with Crippen LogP contribution >= 0.6 is 11.6 Å². The fourth-order valence-corrected chi connectivity index (χ4v) is 4.53. The van der Waals surface area contributed by atoms with E-state index >= 15 is 4.39 Å². The standard InChI is InChI=1S/C25H20ClF7N4O2/c26-15-2-1-3-16(10-15)37-8-6-13(7-9-37)23(39)34-12-14-4-5-17(24(28,29)30)20(21(14)27)22-35-18(25(31,32)33)11-19(38)36-22/h1-5,10-11,13H,6-9,12H2,(H,34,39)(H,35,36,38). The van der Waals surface area contributed by atoms with Crippen LogP contribution in [0.15, 0.2) is 47.3 Å². The molecule has 0 bridgehead atoms. The third-order valence-corrected chi connectivity index (χ3v) is 6.52. The van der Waals surface area contributed by atoms with Gasteiger partial charge in [0.25, 0.3) is 5.56 Å². The van der Waals surface area contributed by atoms with Crippen molar-refractivity contribution in [2.75, 3.05) is 18.0 Å². The van der Waals surface area contributed by atoms with Crippen LogP contribution < -0.4 is 15.8 Å². The summed E-state index contributed by atoms with van der Waals surface area (Å²) in [5.41, 5.74) is -5.72. The number of hydrogen-bond acceptors (Lipinski definition) is 4. The highest BCUT2D eigenvalue weighted by Gasteiger charge is 2.38. The molecule has 4 rings (SSSR count). The number of aromatic nitrogens is 2. The number of rotatable bonds is 5. The Bertz CT molecular complexity index is 1430. The summed E-state index contributed by atoms with van der Waals surface area (Å²) in [7, 11) is 0. The quantitative estimate of drug-likeness (QED) is 0.377. The summed E-state index contributed by atoms with van der Waals surface area (Å²) in [6, 6.07) is 8.49. The molecule has 0 unspecified atom stereocenters. The minimum atomic E-state index is -5.18.